The van der Waals surface area contributed by atoms with E-state index in [-0.39, 0.29) is 0 Å². The van der Waals surface area contributed by atoms with Gasteiger partial charge in [-0.1, -0.05) is 0 Å². The molecule has 18 heteroatoms. The quantitative estimate of drug-likeness (QED) is 0.124. The number of hydrogen-bond donors (Lipinski definition) is 12. The Labute approximate surface area is 225 Å². The largest absolute Gasteiger partial charge is 0.629 e. The van der Waals surface area contributed by atoms with Gasteiger partial charge in [-0.2, -0.15) is 0 Å². The summed E-state index contributed by atoms with van der Waals surface area (Å²) >= 11 is 0. The molecule has 0 aromatic heterocycles. The monoisotopic (exact) mass is 580 g/mol. The van der Waals surface area contributed by atoms with E-state index in [0.29, 0.717) is 0 Å². The predicted molar refractivity (Wildman–Crippen MR) is 124 cm³/mol. The second-order valence-corrected chi connectivity index (χ2v) is 9.56. The van der Waals surface area contributed by atoms with Gasteiger partial charge < -0.3 is 90.6 Å². The summed E-state index contributed by atoms with van der Waals surface area (Å²) in [5.41, 5.74) is 0. The van der Waals surface area contributed by atoms with Crippen LogP contribution in [-0.4, -0.2) is 138 Å². The highest BCUT2D eigenvalue weighted by molar-refractivity contribution is 5.28. The standard InChI is InChI=1S/C22H32N2O16/c25-5-9-15(29)17(31)19(33)21(39-9)37-7-1-3-23(35)11(13(7)27)12-14(28)8(2-4-24(12)36)38-22-20(34)18(32)16(30)10(6-26)40-22/h1-4,9-12,15-34H,5-6H2. The smallest absolute Gasteiger partial charge is 0.229 e. The van der Waals surface area contributed by atoms with Gasteiger partial charge >= 0.3 is 0 Å². The molecule has 0 spiro atoms. The number of aliphatic hydroxyl groups is 10. The van der Waals surface area contributed by atoms with E-state index in [1.807, 2.05) is 0 Å². The molecule has 18 nitrogen and oxygen atoms in total. The normalized spacial score (nSPS) is 46.0. The van der Waals surface area contributed by atoms with Gasteiger partial charge in [-0.05, 0) is 0 Å². The van der Waals surface area contributed by atoms with Gasteiger partial charge in [0, 0.05) is 12.2 Å². The lowest BCUT2D eigenvalue weighted by molar-refractivity contribution is -0.894. The molecule has 0 saturated carbocycles. The molecule has 40 heavy (non-hydrogen) atoms. The van der Waals surface area contributed by atoms with E-state index in [1.165, 1.54) is 0 Å². The zero-order chi connectivity index (χ0) is 29.5. The molecular formula is C22H32N2O16. The van der Waals surface area contributed by atoms with Gasteiger partial charge in [0.1, 0.15) is 48.8 Å². The minimum Gasteiger partial charge on any atom is -0.629 e. The zero-order valence-corrected chi connectivity index (χ0v) is 20.6. The summed E-state index contributed by atoms with van der Waals surface area (Å²) in [5, 5.41) is 125. The summed E-state index contributed by atoms with van der Waals surface area (Å²) in [6.07, 6.45) is -13.1. The fourth-order valence-electron chi connectivity index (χ4n) is 4.69. The van der Waals surface area contributed by atoms with E-state index in [1.54, 1.807) is 0 Å². The topological polar surface area (TPSA) is 294 Å². The maximum atomic E-state index is 12.8. The Morgan fingerprint density at radius 1 is 0.625 bits per heavy atom. The van der Waals surface area contributed by atoms with Crippen molar-refractivity contribution in [2.75, 3.05) is 13.2 Å². The van der Waals surface area contributed by atoms with Crippen LogP contribution in [0.25, 0.3) is 0 Å². The average Bonchev–Trinajstić information content (AvgIpc) is 2.93. The molecule has 0 bridgehead atoms. The number of quaternary nitrogens is 2. The molecule has 0 radical (unpaired) electrons. The predicted octanol–water partition coefficient (Wildman–Crippen LogP) is -7.28. The van der Waals surface area contributed by atoms with Gasteiger partial charge in [0.15, 0.2) is 11.5 Å². The van der Waals surface area contributed by atoms with E-state index in [0.717, 1.165) is 24.6 Å². The van der Waals surface area contributed by atoms with Crippen LogP contribution in [-0.2, 0) is 18.9 Å². The molecule has 4 aliphatic heterocycles. The van der Waals surface area contributed by atoms with Crippen molar-refractivity contribution < 1.29 is 80.1 Å². The van der Waals surface area contributed by atoms with Gasteiger partial charge in [-0.25, -0.2) is 0 Å². The van der Waals surface area contributed by atoms with Crippen LogP contribution < -0.4 is 10.1 Å². The molecule has 4 aliphatic rings. The average molecular weight is 580 g/mol. The third-order valence-corrected chi connectivity index (χ3v) is 7.02. The lowest BCUT2D eigenvalue weighted by Crippen LogP contribution is -3.19. The maximum Gasteiger partial charge on any atom is 0.229 e. The van der Waals surface area contributed by atoms with Crippen LogP contribution in [0, 0.1) is 10.4 Å². The fraction of sp³-hybridized carbons (Fsp3) is 0.636. The highest BCUT2D eigenvalue weighted by Gasteiger charge is 2.49. The van der Waals surface area contributed by atoms with Crippen molar-refractivity contribution in [2.45, 2.75) is 73.5 Å². The summed E-state index contributed by atoms with van der Waals surface area (Å²) < 4.78 is 21.3. The molecule has 4 rings (SSSR count). The molecule has 12 N–H and O–H groups in total. The molecule has 0 aliphatic carbocycles. The Morgan fingerprint density at radius 3 is 1.30 bits per heavy atom. The summed E-state index contributed by atoms with van der Waals surface area (Å²) in [4.78, 5) is 0. The molecule has 14 atom stereocenters. The highest BCUT2D eigenvalue weighted by Crippen LogP contribution is 2.29. The summed E-state index contributed by atoms with van der Waals surface area (Å²) in [6.45, 7) is -1.52. The maximum absolute atomic E-state index is 12.8. The van der Waals surface area contributed by atoms with Gasteiger partial charge in [-0.15, -0.1) is 0 Å². The number of nitrogens with one attached hydrogen (secondary N) is 2. The Hall–Kier alpha value is -2.40. The second kappa shape index (κ2) is 12.2. The van der Waals surface area contributed by atoms with Crippen LogP contribution in [0.15, 0.2) is 47.6 Å². The Kier molecular flexibility index (Phi) is 9.34. The van der Waals surface area contributed by atoms with Crippen LogP contribution in [0.4, 0.5) is 0 Å². The molecule has 0 aromatic rings. The Morgan fingerprint density at radius 2 is 0.975 bits per heavy atom. The molecule has 0 amide bonds. The van der Waals surface area contributed by atoms with Gasteiger partial charge in [0.05, 0.1) is 25.6 Å². The first-order valence-corrected chi connectivity index (χ1v) is 12.2. The van der Waals surface area contributed by atoms with Crippen LogP contribution in [0.2, 0.25) is 0 Å². The third-order valence-electron chi connectivity index (χ3n) is 7.02. The van der Waals surface area contributed by atoms with E-state index < -0.39 is 120 Å². The number of hydrogen-bond acceptors (Lipinski definition) is 16. The SMILES string of the molecule is [O-][NH+]1C=CC(OC2OC(CO)C(O)C(O)C2O)=C(O)C1C1C(O)=C(OC2OC(CO)C(O)C(O)C2O)C=C[NH+]1[O-]. The van der Waals surface area contributed by atoms with Gasteiger partial charge in [0.2, 0.25) is 36.2 Å². The van der Waals surface area contributed by atoms with Crippen molar-refractivity contribution in [3.63, 3.8) is 0 Å². The number of hydroxylamine groups is 4. The van der Waals surface area contributed by atoms with Crippen molar-refractivity contribution >= 4 is 0 Å². The Bertz CT molecular complexity index is 952. The number of allylic oxidation sites excluding steroid dienone is 2. The molecular weight excluding hydrogens is 548 g/mol. The molecule has 14 unspecified atom stereocenters. The summed E-state index contributed by atoms with van der Waals surface area (Å²) in [7, 11) is 0. The molecule has 4 heterocycles. The van der Waals surface area contributed by atoms with Crippen LogP contribution in [0.5, 0.6) is 0 Å². The first kappa shape index (κ1) is 30.6. The van der Waals surface area contributed by atoms with Crippen molar-refractivity contribution in [2.24, 2.45) is 0 Å². The number of rotatable bonds is 7. The fourth-order valence-corrected chi connectivity index (χ4v) is 4.69. The van der Waals surface area contributed by atoms with Gasteiger partial charge in [-0.3, -0.25) is 0 Å². The summed E-state index contributed by atoms with van der Waals surface area (Å²) in [6, 6.07) is -3.56. The van der Waals surface area contributed by atoms with E-state index in [2.05, 4.69) is 0 Å². The lowest BCUT2D eigenvalue weighted by atomic mass is 9.97. The second-order valence-electron chi connectivity index (χ2n) is 9.56. The van der Waals surface area contributed by atoms with Crippen LogP contribution in [0.3, 0.4) is 0 Å². The van der Waals surface area contributed by atoms with E-state index >= 15 is 0 Å². The zero-order valence-electron chi connectivity index (χ0n) is 20.6. The molecule has 2 fully saturated rings. The van der Waals surface area contributed by atoms with E-state index in [9.17, 15) is 61.5 Å². The van der Waals surface area contributed by atoms with Crippen molar-refractivity contribution in [3.8, 4) is 0 Å². The van der Waals surface area contributed by atoms with Crippen LogP contribution in [0.1, 0.15) is 0 Å². The first-order valence-electron chi connectivity index (χ1n) is 12.2. The number of aliphatic hydroxyl groups excluding tert-OH is 10. The highest BCUT2D eigenvalue weighted by atomic mass is 16.7. The van der Waals surface area contributed by atoms with Crippen LogP contribution >= 0.6 is 0 Å². The molecule has 226 valence electrons. The summed E-state index contributed by atoms with van der Waals surface area (Å²) in [5.74, 6) is -2.75. The van der Waals surface area contributed by atoms with E-state index in [4.69, 9.17) is 18.9 Å². The minimum absolute atomic E-state index is 0.500. The lowest BCUT2D eigenvalue weighted by Gasteiger charge is -2.42. The first-order chi connectivity index (χ1) is 18.9. The number of ether oxygens (including phenoxy) is 4. The minimum atomic E-state index is -1.85. The van der Waals surface area contributed by atoms with Crippen molar-refractivity contribution in [1.82, 2.24) is 0 Å². The molecule has 2 saturated heterocycles. The van der Waals surface area contributed by atoms with Crippen molar-refractivity contribution in [3.05, 3.63) is 58.0 Å². The Balaban J connectivity index is 1.58. The molecule has 0 aromatic carbocycles. The van der Waals surface area contributed by atoms with Gasteiger partial charge in [0.25, 0.3) is 0 Å². The van der Waals surface area contributed by atoms with Crippen molar-refractivity contribution in [1.29, 1.82) is 0 Å². The third kappa shape index (κ3) is 5.55.